The molecule has 95 heavy (non-hydrogen) atoms. The molecule has 2 aliphatic heterocycles. The second kappa shape index (κ2) is 37.6. The van der Waals surface area contributed by atoms with E-state index in [0.29, 0.717) is 51.1 Å². The number of benzene rings is 4. The molecule has 21 heteroatoms. The average Bonchev–Trinajstić information content (AvgIpc) is 1.68. The van der Waals surface area contributed by atoms with Crippen LogP contribution in [0.5, 0.6) is 0 Å². The molecule has 2 saturated heterocycles. The van der Waals surface area contributed by atoms with Crippen LogP contribution in [0.25, 0.3) is 0 Å². The van der Waals surface area contributed by atoms with Gasteiger partial charge >= 0.3 is 0 Å². The summed E-state index contributed by atoms with van der Waals surface area (Å²) in [6, 6.07) is 28.1. The van der Waals surface area contributed by atoms with Crippen molar-refractivity contribution in [1.82, 2.24) is 47.4 Å². The lowest BCUT2D eigenvalue weighted by Crippen LogP contribution is -2.61. The Morgan fingerprint density at radius 2 is 0.800 bits per heavy atom. The molecule has 2 fully saturated rings. The van der Waals surface area contributed by atoms with E-state index < -0.39 is 107 Å². The van der Waals surface area contributed by atoms with Gasteiger partial charge in [0.05, 0.1) is 44.5 Å². The Bertz CT molecular complexity index is 3100. The first-order valence-electron chi connectivity index (χ1n) is 33.9. The summed E-state index contributed by atoms with van der Waals surface area (Å²) in [4.78, 5) is 132. The fraction of sp³-hybridized carbons (Fsp3) is 0.554. The number of ether oxygens (including phenoxy) is 2. The fourth-order valence-corrected chi connectivity index (χ4v) is 11.7. The molecule has 2 unspecified atom stereocenters. The Labute approximate surface area is 561 Å². The van der Waals surface area contributed by atoms with Crippen LogP contribution in [0.2, 0.25) is 0 Å². The number of aryl methyl sites for hydroxylation is 2. The lowest BCUT2D eigenvalue weighted by atomic mass is 9.89. The minimum Gasteiger partial charge on any atom is -0.381 e. The smallest absolute Gasteiger partial charge is 0.243 e. The Kier molecular flexibility index (Phi) is 30.2. The van der Waals surface area contributed by atoms with Crippen LogP contribution in [-0.4, -0.2) is 168 Å². The summed E-state index contributed by atoms with van der Waals surface area (Å²) < 4.78 is 10.9. The number of hydrogen-bond donors (Lipinski definition) is 9. The molecule has 9 N–H and O–H groups in total. The van der Waals surface area contributed by atoms with Crippen molar-refractivity contribution in [2.75, 3.05) is 46.0 Å². The number of nitrogens with one attached hydrogen (secondary N) is 8. The third-order valence-electron chi connectivity index (χ3n) is 17.1. The van der Waals surface area contributed by atoms with Crippen molar-refractivity contribution in [3.8, 4) is 0 Å². The maximum Gasteiger partial charge on any atom is 0.243 e. The van der Waals surface area contributed by atoms with Gasteiger partial charge < -0.3 is 57.1 Å². The standard InChI is InChI=1S/C74H105N9O12/c1-48(2)39-58(77-71(91)62(43-54-27-19-13-20-28-54)81-70(90)61(42-51(7)8)80-68(88)57(34-32-53-25-17-12-18-26-53)76-64(84)45-83-35-37-94-38-36-83)65(85)73(9,93)46-75-56(33-31-52-23-15-11-16-24-52)67(87)79-60(41-50(5)6)69(89)82-63(44-55-29-21-14-22-30-55)72(92)78-59(40-49(3)4)66(86)74(10)47-95-74/h11-30,48-51,56-63,75,93H,31-47H2,1-10H3,(H,76,84)(H,77,91)(H,78,92)(H,79,87)(H,80,88)(H,81,90)(H,82,89)/t56-,57-,58?,59-,60-,61?,62-,63-,73+,74+/m0/s1. The predicted molar refractivity (Wildman–Crippen MR) is 365 cm³/mol. The van der Waals surface area contributed by atoms with Crippen LogP contribution in [0.15, 0.2) is 121 Å². The van der Waals surface area contributed by atoms with Gasteiger partial charge in [0, 0.05) is 32.5 Å². The highest BCUT2D eigenvalue weighted by molar-refractivity contribution is 6.00. The van der Waals surface area contributed by atoms with Gasteiger partial charge in [-0.15, -0.1) is 0 Å². The summed E-state index contributed by atoms with van der Waals surface area (Å²) in [6.07, 6.45) is 2.09. The molecule has 0 radical (unpaired) electrons. The second-order valence-electron chi connectivity index (χ2n) is 27.8. The molecule has 2 heterocycles. The molecule has 0 aliphatic carbocycles. The Hall–Kier alpha value is -7.69. The molecule has 518 valence electrons. The van der Waals surface area contributed by atoms with E-state index in [2.05, 4.69) is 42.5 Å². The van der Waals surface area contributed by atoms with Crippen LogP contribution in [0.3, 0.4) is 0 Å². The molecule has 4 aromatic carbocycles. The number of hydrogen-bond acceptors (Lipinski definition) is 14. The number of carbonyl (C=O) groups excluding carboxylic acids is 9. The Morgan fingerprint density at radius 1 is 0.463 bits per heavy atom. The molecule has 2 aliphatic rings. The van der Waals surface area contributed by atoms with E-state index in [1.165, 1.54) is 6.92 Å². The number of aliphatic hydroxyl groups is 1. The minimum absolute atomic E-state index is 0.0113. The molecular weight excluding hydrogens is 1210 g/mol. The third-order valence-corrected chi connectivity index (χ3v) is 17.1. The van der Waals surface area contributed by atoms with E-state index in [-0.39, 0.29) is 93.5 Å². The highest BCUT2D eigenvalue weighted by Gasteiger charge is 2.50. The molecule has 0 bridgehead atoms. The van der Waals surface area contributed by atoms with E-state index in [1.807, 2.05) is 157 Å². The molecule has 21 nitrogen and oxygen atoms in total. The van der Waals surface area contributed by atoms with Gasteiger partial charge in [-0.1, -0.05) is 177 Å². The monoisotopic (exact) mass is 1310 g/mol. The summed E-state index contributed by atoms with van der Waals surface area (Å²) in [5.74, 6) is -5.50. The van der Waals surface area contributed by atoms with Crippen molar-refractivity contribution in [1.29, 1.82) is 0 Å². The molecule has 6 rings (SSSR count). The van der Waals surface area contributed by atoms with Gasteiger partial charge in [0.1, 0.15) is 41.4 Å². The first kappa shape index (κ1) is 76.3. The van der Waals surface area contributed by atoms with Crippen molar-refractivity contribution < 1.29 is 57.7 Å². The average molecular weight is 1310 g/mol. The van der Waals surface area contributed by atoms with E-state index in [9.17, 15) is 48.3 Å². The van der Waals surface area contributed by atoms with Gasteiger partial charge in [0.2, 0.25) is 41.4 Å². The van der Waals surface area contributed by atoms with Gasteiger partial charge in [0.15, 0.2) is 11.6 Å². The number of epoxide rings is 1. The summed E-state index contributed by atoms with van der Waals surface area (Å²) in [5.41, 5.74) is 0.0713. The van der Waals surface area contributed by atoms with Crippen LogP contribution < -0.4 is 42.5 Å². The minimum atomic E-state index is -2.22. The molecule has 0 aromatic heterocycles. The Balaban J connectivity index is 1.20. The van der Waals surface area contributed by atoms with Gasteiger partial charge in [0.25, 0.3) is 0 Å². The molecular formula is C74H105N9O12. The molecule has 0 spiro atoms. The zero-order valence-corrected chi connectivity index (χ0v) is 57.4. The largest absolute Gasteiger partial charge is 0.381 e. The van der Waals surface area contributed by atoms with Crippen LogP contribution >= 0.6 is 0 Å². The number of Topliss-reactive ketones (excluding diaryl/α,β-unsaturated/α-hetero) is 2. The highest BCUT2D eigenvalue weighted by atomic mass is 16.6. The van der Waals surface area contributed by atoms with Gasteiger partial charge in [-0.05, 0) is 111 Å². The number of nitrogens with zero attached hydrogens (tertiary/aromatic N) is 1. The normalized spacial score (nSPS) is 18.0. The molecule has 4 aromatic rings. The SMILES string of the molecule is CC(C)CC(NC(=O)[C@H](CCc1ccccc1)NC(=O)CN1CCOCC1)C(=O)N[C@@H](Cc1ccccc1)C(=O)NC(CC(C)C)C(=O)[C@](C)(O)CN[C@@H](CCc1ccccc1)C(=O)N[C@@H](CC(C)C)C(=O)N[C@@H](Cc1ccccc1)C(=O)N[C@@H](CC(C)C)C(=O)[C@@]1(C)CO1. The lowest BCUT2D eigenvalue weighted by Gasteiger charge is -2.32. The highest BCUT2D eigenvalue weighted by Crippen LogP contribution is 2.30. The van der Waals surface area contributed by atoms with E-state index in [4.69, 9.17) is 9.47 Å². The predicted octanol–water partition coefficient (Wildman–Crippen LogP) is 5.28. The maximum absolute atomic E-state index is 14.9. The number of carbonyl (C=O) groups is 9. The third kappa shape index (κ3) is 26.1. The zero-order chi connectivity index (χ0) is 69.2. The van der Waals surface area contributed by atoms with Crippen LogP contribution in [0.4, 0.5) is 0 Å². The number of rotatable bonds is 40. The van der Waals surface area contributed by atoms with Gasteiger partial charge in [-0.2, -0.15) is 0 Å². The summed E-state index contributed by atoms with van der Waals surface area (Å²) >= 11 is 0. The molecule has 10 atom stereocenters. The Morgan fingerprint density at radius 3 is 1.22 bits per heavy atom. The van der Waals surface area contributed by atoms with E-state index in [1.54, 1.807) is 31.2 Å². The van der Waals surface area contributed by atoms with Crippen LogP contribution in [-0.2, 0) is 78.3 Å². The van der Waals surface area contributed by atoms with E-state index in [0.717, 1.165) is 16.7 Å². The number of ketones is 2. The molecule has 7 amide bonds. The summed E-state index contributed by atoms with van der Waals surface area (Å²) in [7, 11) is 0. The second-order valence-corrected chi connectivity index (χ2v) is 27.8. The van der Waals surface area contributed by atoms with Crippen LogP contribution in [0.1, 0.15) is 130 Å². The zero-order valence-electron chi connectivity index (χ0n) is 57.4. The van der Waals surface area contributed by atoms with Crippen molar-refractivity contribution >= 4 is 52.9 Å². The van der Waals surface area contributed by atoms with Gasteiger partial charge in [-0.3, -0.25) is 48.1 Å². The quantitative estimate of drug-likeness (QED) is 0.0256. The van der Waals surface area contributed by atoms with Crippen molar-refractivity contribution in [3.05, 3.63) is 144 Å². The van der Waals surface area contributed by atoms with Crippen molar-refractivity contribution in [2.24, 2.45) is 23.7 Å². The van der Waals surface area contributed by atoms with Crippen LogP contribution in [0, 0.1) is 23.7 Å². The molecule has 0 saturated carbocycles. The number of morpholine rings is 1. The van der Waals surface area contributed by atoms with Crippen molar-refractivity contribution in [2.45, 2.75) is 193 Å². The summed E-state index contributed by atoms with van der Waals surface area (Å²) in [6.45, 7) is 20.2. The first-order valence-corrected chi connectivity index (χ1v) is 33.9. The first-order chi connectivity index (χ1) is 45.2. The lowest BCUT2D eigenvalue weighted by molar-refractivity contribution is -0.141. The van der Waals surface area contributed by atoms with Gasteiger partial charge in [-0.25, -0.2) is 0 Å². The van der Waals surface area contributed by atoms with E-state index >= 15 is 0 Å². The fourth-order valence-electron chi connectivity index (χ4n) is 11.7. The maximum atomic E-state index is 14.9. The topological polar surface area (TPSA) is 295 Å². The van der Waals surface area contributed by atoms with Crippen molar-refractivity contribution in [3.63, 3.8) is 0 Å². The number of amides is 7. The summed E-state index contributed by atoms with van der Waals surface area (Å²) in [5, 5.41) is 35.9.